The third kappa shape index (κ3) is 9.51. The van der Waals surface area contributed by atoms with E-state index in [0.29, 0.717) is 6.54 Å². The maximum absolute atomic E-state index is 11.9. The molecule has 0 aliphatic carbocycles. The first kappa shape index (κ1) is 20.9. The Morgan fingerprint density at radius 1 is 0.957 bits per heavy atom. The molecule has 0 aliphatic rings. The van der Waals surface area contributed by atoms with Crippen molar-refractivity contribution in [2.45, 2.75) is 47.5 Å². The molecule has 2 rings (SSSR count). The fourth-order valence-electron chi connectivity index (χ4n) is 1.85. The highest BCUT2D eigenvalue weighted by Gasteiger charge is 2.04. The van der Waals surface area contributed by atoms with Crippen molar-refractivity contribution in [3.63, 3.8) is 0 Å². The molecule has 0 aromatic heterocycles. The molecule has 0 bridgehead atoms. The number of hydrogen-bond donors (Lipinski definition) is 1. The summed E-state index contributed by atoms with van der Waals surface area (Å²) in [5.74, 6) is -0.00497. The molecule has 2 aromatic carbocycles. The van der Waals surface area contributed by atoms with E-state index < -0.39 is 0 Å². The second kappa shape index (κ2) is 13.6. The van der Waals surface area contributed by atoms with Gasteiger partial charge in [0.25, 0.3) is 5.91 Å². The summed E-state index contributed by atoms with van der Waals surface area (Å²) in [5, 5.41) is 2.94. The van der Waals surface area contributed by atoms with E-state index in [0.717, 1.165) is 17.5 Å². The highest BCUT2D eigenvalue weighted by molar-refractivity contribution is 5.94. The summed E-state index contributed by atoms with van der Waals surface area (Å²) in [4.78, 5) is 11.9. The van der Waals surface area contributed by atoms with Crippen molar-refractivity contribution in [2.75, 3.05) is 6.54 Å². The molecule has 2 heteroatoms. The van der Waals surface area contributed by atoms with Gasteiger partial charge < -0.3 is 5.32 Å². The minimum atomic E-state index is -0.00497. The molecule has 0 unspecified atom stereocenters. The van der Waals surface area contributed by atoms with Gasteiger partial charge in [-0.15, -0.1) is 0 Å². The van der Waals surface area contributed by atoms with E-state index in [1.165, 1.54) is 12.0 Å². The van der Waals surface area contributed by atoms with E-state index in [-0.39, 0.29) is 5.91 Å². The van der Waals surface area contributed by atoms with Crippen LogP contribution in [0.2, 0.25) is 0 Å². The van der Waals surface area contributed by atoms with Gasteiger partial charge in [0.2, 0.25) is 0 Å². The summed E-state index contributed by atoms with van der Waals surface area (Å²) in [7, 11) is 0. The molecule has 0 heterocycles. The Morgan fingerprint density at radius 2 is 1.57 bits per heavy atom. The first-order valence-electron chi connectivity index (χ1n) is 8.56. The second-order valence-electron chi connectivity index (χ2n) is 5.07. The highest BCUT2D eigenvalue weighted by atomic mass is 16.1. The summed E-state index contributed by atoms with van der Waals surface area (Å²) in [6, 6.07) is 17.8. The summed E-state index contributed by atoms with van der Waals surface area (Å²) >= 11 is 0. The predicted molar refractivity (Wildman–Crippen MR) is 101 cm³/mol. The van der Waals surface area contributed by atoms with Crippen molar-refractivity contribution in [3.05, 3.63) is 71.3 Å². The standard InChI is InChI=1S/C16H17NO.C3H8.C2H6/c1-13-6-5-9-15(12-13)16(18)17-11-10-14-7-3-2-4-8-14;1-3-2;1-2/h2-9,12H,10-11H2,1H3,(H,17,18);3H2,1-2H3;1-2H3. The lowest BCUT2D eigenvalue weighted by molar-refractivity contribution is 0.0954. The minimum Gasteiger partial charge on any atom is -0.352 e. The van der Waals surface area contributed by atoms with Gasteiger partial charge in [-0.25, -0.2) is 0 Å². The van der Waals surface area contributed by atoms with Crippen LogP contribution in [0, 0.1) is 6.92 Å². The molecule has 2 aromatic rings. The van der Waals surface area contributed by atoms with Gasteiger partial charge in [-0.1, -0.05) is 82.1 Å². The van der Waals surface area contributed by atoms with Crippen molar-refractivity contribution in [1.29, 1.82) is 0 Å². The van der Waals surface area contributed by atoms with Crippen LogP contribution in [-0.2, 0) is 6.42 Å². The fourth-order valence-corrected chi connectivity index (χ4v) is 1.85. The third-order valence-electron chi connectivity index (χ3n) is 2.82. The molecule has 0 aliphatic heterocycles. The molecule has 1 N–H and O–H groups in total. The van der Waals surface area contributed by atoms with Gasteiger partial charge in [0.05, 0.1) is 0 Å². The maximum Gasteiger partial charge on any atom is 0.251 e. The summed E-state index contributed by atoms with van der Waals surface area (Å²) in [6.07, 6.45) is 2.11. The SMILES string of the molecule is CC.CCC.Cc1cccc(C(=O)NCCc2ccccc2)c1. The van der Waals surface area contributed by atoms with Crippen molar-refractivity contribution in [2.24, 2.45) is 0 Å². The van der Waals surface area contributed by atoms with E-state index >= 15 is 0 Å². The lowest BCUT2D eigenvalue weighted by Crippen LogP contribution is -2.25. The van der Waals surface area contributed by atoms with Crippen LogP contribution < -0.4 is 5.32 Å². The Hall–Kier alpha value is -2.09. The van der Waals surface area contributed by atoms with E-state index in [1.54, 1.807) is 0 Å². The van der Waals surface area contributed by atoms with Crippen molar-refractivity contribution in [3.8, 4) is 0 Å². The van der Waals surface area contributed by atoms with Crippen LogP contribution in [0.1, 0.15) is 55.6 Å². The van der Waals surface area contributed by atoms with Crippen molar-refractivity contribution < 1.29 is 4.79 Å². The zero-order valence-corrected chi connectivity index (χ0v) is 15.2. The Balaban J connectivity index is 0.000000868. The van der Waals surface area contributed by atoms with Gasteiger partial charge in [-0.2, -0.15) is 0 Å². The molecule has 126 valence electrons. The molecule has 0 spiro atoms. The van der Waals surface area contributed by atoms with Gasteiger partial charge in [-0.3, -0.25) is 4.79 Å². The summed E-state index contributed by atoms with van der Waals surface area (Å²) in [6.45, 7) is 10.9. The Bertz CT molecular complexity index is 535. The minimum absolute atomic E-state index is 0.00497. The fraction of sp³-hybridized carbons (Fsp3) is 0.381. The lowest BCUT2D eigenvalue weighted by atomic mass is 10.1. The first-order valence-corrected chi connectivity index (χ1v) is 8.56. The number of amides is 1. The van der Waals surface area contributed by atoms with E-state index in [9.17, 15) is 4.79 Å². The van der Waals surface area contributed by atoms with Crippen LogP contribution in [0.15, 0.2) is 54.6 Å². The van der Waals surface area contributed by atoms with E-state index in [2.05, 4.69) is 31.3 Å². The number of aryl methyl sites for hydroxylation is 1. The molecule has 23 heavy (non-hydrogen) atoms. The molecule has 0 saturated heterocycles. The smallest absolute Gasteiger partial charge is 0.251 e. The molecular formula is C21H31NO. The van der Waals surface area contributed by atoms with Crippen LogP contribution in [0.4, 0.5) is 0 Å². The summed E-state index contributed by atoms with van der Waals surface area (Å²) in [5.41, 5.74) is 3.07. The number of nitrogens with one attached hydrogen (secondary N) is 1. The highest BCUT2D eigenvalue weighted by Crippen LogP contribution is 2.04. The molecule has 0 fully saturated rings. The average molecular weight is 313 g/mol. The van der Waals surface area contributed by atoms with Crippen molar-refractivity contribution in [1.82, 2.24) is 5.32 Å². The monoisotopic (exact) mass is 313 g/mol. The third-order valence-corrected chi connectivity index (χ3v) is 2.82. The van der Waals surface area contributed by atoms with Crippen LogP contribution in [-0.4, -0.2) is 12.5 Å². The average Bonchev–Trinajstić information content (AvgIpc) is 2.58. The van der Waals surface area contributed by atoms with Crippen LogP contribution in [0.3, 0.4) is 0 Å². The molecular weight excluding hydrogens is 282 g/mol. The largest absolute Gasteiger partial charge is 0.352 e. The molecule has 0 radical (unpaired) electrons. The number of carbonyl (C=O) groups is 1. The molecule has 0 atom stereocenters. The van der Waals surface area contributed by atoms with Gasteiger partial charge in [-0.05, 0) is 31.0 Å². The van der Waals surface area contributed by atoms with Gasteiger partial charge >= 0.3 is 0 Å². The normalized spacial score (nSPS) is 8.91. The van der Waals surface area contributed by atoms with Gasteiger partial charge in [0.1, 0.15) is 0 Å². The number of carbonyl (C=O) groups excluding carboxylic acids is 1. The molecule has 1 amide bonds. The first-order chi connectivity index (χ1) is 11.2. The lowest BCUT2D eigenvalue weighted by Gasteiger charge is -2.06. The number of rotatable bonds is 4. The molecule has 0 saturated carbocycles. The van der Waals surface area contributed by atoms with E-state index in [4.69, 9.17) is 0 Å². The zero-order chi connectivity index (χ0) is 17.5. The Kier molecular flexibility index (Phi) is 12.3. The Labute approximate surface area is 141 Å². The van der Waals surface area contributed by atoms with Crippen molar-refractivity contribution >= 4 is 5.91 Å². The maximum atomic E-state index is 11.9. The molecule has 2 nitrogen and oxygen atoms in total. The zero-order valence-electron chi connectivity index (χ0n) is 15.2. The number of hydrogen-bond acceptors (Lipinski definition) is 1. The van der Waals surface area contributed by atoms with Crippen LogP contribution in [0.25, 0.3) is 0 Å². The number of benzene rings is 2. The summed E-state index contributed by atoms with van der Waals surface area (Å²) < 4.78 is 0. The van der Waals surface area contributed by atoms with Crippen LogP contribution >= 0.6 is 0 Å². The van der Waals surface area contributed by atoms with Gasteiger partial charge in [0.15, 0.2) is 0 Å². The second-order valence-corrected chi connectivity index (χ2v) is 5.07. The quantitative estimate of drug-likeness (QED) is 0.803. The predicted octanol–water partition coefficient (Wildman–Crippen LogP) is 5.41. The van der Waals surface area contributed by atoms with Crippen LogP contribution in [0.5, 0.6) is 0 Å². The Morgan fingerprint density at radius 3 is 2.13 bits per heavy atom. The topological polar surface area (TPSA) is 29.1 Å². The van der Waals surface area contributed by atoms with E-state index in [1.807, 2.05) is 63.2 Å². The van der Waals surface area contributed by atoms with Gasteiger partial charge in [0, 0.05) is 12.1 Å².